The summed E-state index contributed by atoms with van der Waals surface area (Å²) < 4.78 is 50.9. The van der Waals surface area contributed by atoms with E-state index in [2.05, 4.69) is 5.32 Å². The predicted molar refractivity (Wildman–Crippen MR) is 68.9 cm³/mol. The molecule has 3 nitrogen and oxygen atoms in total. The van der Waals surface area contributed by atoms with Crippen LogP contribution in [-0.2, 0) is 17.5 Å². The summed E-state index contributed by atoms with van der Waals surface area (Å²) in [5, 5.41) is 2.57. The topological polar surface area (TPSA) is 32.3 Å². The Morgan fingerprint density at radius 2 is 2.10 bits per heavy atom. The summed E-state index contributed by atoms with van der Waals surface area (Å²) in [4.78, 5) is 13.9. The van der Waals surface area contributed by atoms with Crippen molar-refractivity contribution in [1.29, 1.82) is 0 Å². The number of carbonyl (C=O) groups excluding carboxylic acids is 1. The lowest BCUT2D eigenvalue weighted by atomic mass is 10.1. The second kappa shape index (κ2) is 6.01. The lowest BCUT2D eigenvalue weighted by Gasteiger charge is -2.13. The summed E-state index contributed by atoms with van der Waals surface area (Å²) in [6, 6.07) is 2.29. The maximum absolute atomic E-state index is 13.2. The summed E-state index contributed by atoms with van der Waals surface area (Å²) in [7, 11) is 1.90. The largest absolute Gasteiger partial charge is 0.416 e. The van der Waals surface area contributed by atoms with E-state index in [1.807, 2.05) is 11.9 Å². The van der Waals surface area contributed by atoms with Gasteiger partial charge in [0.1, 0.15) is 5.82 Å². The van der Waals surface area contributed by atoms with Crippen LogP contribution in [0.5, 0.6) is 0 Å². The van der Waals surface area contributed by atoms with Crippen LogP contribution in [0.25, 0.3) is 0 Å². The van der Waals surface area contributed by atoms with Gasteiger partial charge in [-0.3, -0.25) is 4.79 Å². The number of carbonyl (C=O) groups is 1. The number of rotatable bonds is 3. The Morgan fingerprint density at radius 3 is 2.67 bits per heavy atom. The molecule has 0 aromatic heterocycles. The molecule has 7 heteroatoms. The average molecular weight is 304 g/mol. The Balaban J connectivity index is 2.00. The summed E-state index contributed by atoms with van der Waals surface area (Å²) in [5.41, 5.74) is -0.950. The molecule has 0 saturated carbocycles. The minimum Gasteiger partial charge on any atom is -0.352 e. The molecule has 1 aromatic rings. The first-order valence-corrected chi connectivity index (χ1v) is 6.58. The van der Waals surface area contributed by atoms with Gasteiger partial charge in [0.15, 0.2) is 0 Å². The number of alkyl halides is 3. The monoisotopic (exact) mass is 304 g/mol. The molecule has 0 bridgehead atoms. The van der Waals surface area contributed by atoms with Gasteiger partial charge in [0.2, 0.25) is 5.91 Å². The van der Waals surface area contributed by atoms with Crippen LogP contribution in [0.3, 0.4) is 0 Å². The molecule has 1 aliphatic heterocycles. The van der Waals surface area contributed by atoms with E-state index >= 15 is 0 Å². The van der Waals surface area contributed by atoms with E-state index < -0.39 is 17.6 Å². The molecule has 1 unspecified atom stereocenters. The van der Waals surface area contributed by atoms with Crippen molar-refractivity contribution < 1.29 is 22.4 Å². The lowest BCUT2D eigenvalue weighted by molar-refractivity contribution is -0.137. The summed E-state index contributed by atoms with van der Waals surface area (Å²) in [6.07, 6.45) is -3.88. The summed E-state index contributed by atoms with van der Waals surface area (Å²) in [5.74, 6) is -1.34. The van der Waals surface area contributed by atoms with E-state index in [4.69, 9.17) is 0 Å². The maximum Gasteiger partial charge on any atom is 0.416 e. The van der Waals surface area contributed by atoms with Gasteiger partial charge in [-0.05, 0) is 43.8 Å². The highest BCUT2D eigenvalue weighted by Crippen LogP contribution is 2.30. The van der Waals surface area contributed by atoms with Crippen LogP contribution >= 0.6 is 0 Å². The Bertz CT molecular complexity index is 530. The van der Waals surface area contributed by atoms with Gasteiger partial charge in [0.25, 0.3) is 0 Å². The highest BCUT2D eigenvalue weighted by Gasteiger charge is 2.31. The SMILES string of the molecule is CN1CCC(C(=O)NCc2cc(F)cc(C(F)(F)F)c2)C1. The zero-order valence-corrected chi connectivity index (χ0v) is 11.5. The van der Waals surface area contributed by atoms with Gasteiger partial charge < -0.3 is 10.2 Å². The van der Waals surface area contributed by atoms with Crippen molar-refractivity contribution >= 4 is 5.91 Å². The fraction of sp³-hybridized carbons (Fsp3) is 0.500. The van der Waals surface area contributed by atoms with Crippen molar-refractivity contribution in [3.8, 4) is 0 Å². The molecular weight excluding hydrogens is 288 g/mol. The van der Waals surface area contributed by atoms with E-state index in [-0.39, 0.29) is 23.9 Å². The first-order chi connectivity index (χ1) is 9.75. The maximum atomic E-state index is 13.2. The quantitative estimate of drug-likeness (QED) is 0.870. The second-order valence-electron chi connectivity index (χ2n) is 5.31. The van der Waals surface area contributed by atoms with Crippen LogP contribution in [0.1, 0.15) is 17.5 Å². The number of hydrogen-bond acceptors (Lipinski definition) is 2. The normalized spacial score (nSPS) is 19.8. The van der Waals surface area contributed by atoms with E-state index in [1.54, 1.807) is 0 Å². The molecule has 116 valence electrons. The molecule has 1 saturated heterocycles. The van der Waals surface area contributed by atoms with Crippen molar-refractivity contribution in [3.05, 3.63) is 35.1 Å². The molecule has 1 aliphatic rings. The van der Waals surface area contributed by atoms with E-state index in [0.29, 0.717) is 12.6 Å². The van der Waals surface area contributed by atoms with E-state index in [9.17, 15) is 22.4 Å². The lowest BCUT2D eigenvalue weighted by Crippen LogP contribution is -2.31. The molecule has 1 atom stereocenters. The van der Waals surface area contributed by atoms with Gasteiger partial charge in [-0.1, -0.05) is 0 Å². The van der Waals surface area contributed by atoms with E-state index in [1.165, 1.54) is 0 Å². The first-order valence-electron chi connectivity index (χ1n) is 6.58. The van der Waals surface area contributed by atoms with E-state index in [0.717, 1.165) is 25.1 Å². The third kappa shape index (κ3) is 4.17. The Kier molecular flexibility index (Phi) is 4.51. The molecule has 21 heavy (non-hydrogen) atoms. The van der Waals surface area contributed by atoms with Crippen molar-refractivity contribution in [1.82, 2.24) is 10.2 Å². The molecule has 0 aliphatic carbocycles. The number of nitrogens with zero attached hydrogens (tertiary/aromatic N) is 1. The van der Waals surface area contributed by atoms with Crippen LogP contribution in [0.15, 0.2) is 18.2 Å². The zero-order valence-electron chi connectivity index (χ0n) is 11.5. The third-order valence-electron chi connectivity index (χ3n) is 3.51. The van der Waals surface area contributed by atoms with Crippen LogP contribution in [0, 0.1) is 11.7 Å². The molecule has 0 radical (unpaired) electrons. The molecule has 1 amide bonds. The third-order valence-corrected chi connectivity index (χ3v) is 3.51. The highest BCUT2D eigenvalue weighted by molar-refractivity contribution is 5.79. The molecule has 1 heterocycles. The zero-order chi connectivity index (χ0) is 15.6. The van der Waals surface area contributed by atoms with Crippen LogP contribution < -0.4 is 5.32 Å². The number of benzene rings is 1. The van der Waals surface area contributed by atoms with Crippen LogP contribution in [-0.4, -0.2) is 30.9 Å². The minimum atomic E-state index is -4.60. The Labute approximate surface area is 119 Å². The molecule has 0 spiro atoms. The molecule has 2 rings (SSSR count). The number of hydrogen-bond donors (Lipinski definition) is 1. The minimum absolute atomic E-state index is 0.0991. The first kappa shape index (κ1) is 15.8. The van der Waals surface area contributed by atoms with Crippen molar-refractivity contribution in [3.63, 3.8) is 0 Å². The number of amides is 1. The van der Waals surface area contributed by atoms with Crippen molar-refractivity contribution in [2.45, 2.75) is 19.1 Å². The average Bonchev–Trinajstić information content (AvgIpc) is 2.81. The van der Waals surface area contributed by atoms with Gasteiger partial charge in [0, 0.05) is 13.1 Å². The second-order valence-corrected chi connectivity index (χ2v) is 5.31. The number of likely N-dealkylation sites (tertiary alicyclic amines) is 1. The van der Waals surface area contributed by atoms with Crippen molar-refractivity contribution in [2.75, 3.05) is 20.1 Å². The Morgan fingerprint density at radius 1 is 1.38 bits per heavy atom. The highest BCUT2D eigenvalue weighted by atomic mass is 19.4. The van der Waals surface area contributed by atoms with Crippen molar-refractivity contribution in [2.24, 2.45) is 5.92 Å². The van der Waals surface area contributed by atoms with Gasteiger partial charge in [0.05, 0.1) is 11.5 Å². The van der Waals surface area contributed by atoms with Gasteiger partial charge in [-0.2, -0.15) is 13.2 Å². The fourth-order valence-electron chi connectivity index (χ4n) is 2.40. The molecular formula is C14H16F4N2O. The predicted octanol–water partition coefficient (Wildman–Crippen LogP) is 2.41. The Hall–Kier alpha value is -1.63. The number of halogens is 4. The summed E-state index contributed by atoms with van der Waals surface area (Å²) >= 11 is 0. The van der Waals surface area contributed by atoms with Gasteiger partial charge in [-0.15, -0.1) is 0 Å². The molecule has 1 N–H and O–H groups in total. The summed E-state index contributed by atoms with van der Waals surface area (Å²) in [6.45, 7) is 1.33. The molecule has 1 fully saturated rings. The van der Waals surface area contributed by atoms with Gasteiger partial charge >= 0.3 is 6.18 Å². The standard InChI is InChI=1S/C14H16F4N2O/c1-20-3-2-10(8-20)13(21)19-7-9-4-11(14(16,17)18)6-12(15)5-9/h4-6,10H,2-3,7-8H2,1H3,(H,19,21). The number of nitrogens with one attached hydrogen (secondary N) is 1. The smallest absolute Gasteiger partial charge is 0.352 e. The fourth-order valence-corrected chi connectivity index (χ4v) is 2.40. The van der Waals surface area contributed by atoms with Crippen LogP contribution in [0.4, 0.5) is 17.6 Å². The van der Waals surface area contributed by atoms with Crippen LogP contribution in [0.2, 0.25) is 0 Å². The van der Waals surface area contributed by atoms with Gasteiger partial charge in [-0.25, -0.2) is 4.39 Å². The molecule has 1 aromatic carbocycles.